The third-order valence-corrected chi connectivity index (χ3v) is 3.96. The molecule has 0 saturated heterocycles. The Bertz CT molecular complexity index is 721. The average Bonchev–Trinajstić information content (AvgIpc) is 2.54. The second kappa shape index (κ2) is 6.74. The van der Waals surface area contributed by atoms with E-state index in [1.807, 2.05) is 48.5 Å². The van der Waals surface area contributed by atoms with Crippen molar-refractivity contribution in [2.75, 3.05) is 0 Å². The molecule has 0 fully saturated rings. The molecule has 3 rings (SSSR count). The Morgan fingerprint density at radius 2 is 1.26 bits per heavy atom. The van der Waals surface area contributed by atoms with E-state index in [-0.39, 0.29) is 0 Å². The molecule has 1 aliphatic rings. The largest absolute Gasteiger partial charge is 0.461 e. The van der Waals surface area contributed by atoms with Crippen LogP contribution < -0.4 is 9.47 Å². The van der Waals surface area contributed by atoms with Gasteiger partial charge in [-0.15, -0.1) is 0 Å². The minimum Gasteiger partial charge on any atom is -0.461 e. The van der Waals surface area contributed by atoms with Crippen LogP contribution in [-0.4, -0.2) is 0 Å². The Kier molecular flexibility index (Phi) is 4.52. The van der Waals surface area contributed by atoms with Crippen LogP contribution in [0.2, 0.25) is 0 Å². The summed E-state index contributed by atoms with van der Waals surface area (Å²) < 4.78 is 11.8. The molecule has 0 N–H and O–H groups in total. The number of aryl methyl sites for hydroxylation is 1. The molecule has 1 atom stereocenters. The maximum atomic E-state index is 6.00. The van der Waals surface area contributed by atoms with E-state index in [9.17, 15) is 0 Å². The van der Waals surface area contributed by atoms with Crippen LogP contribution in [0.5, 0.6) is 17.2 Å². The number of rotatable bonds is 4. The van der Waals surface area contributed by atoms with E-state index in [0.717, 1.165) is 29.4 Å². The minimum absolute atomic E-state index is 0.420. The molecule has 0 saturated carbocycles. The van der Waals surface area contributed by atoms with Gasteiger partial charge in [0, 0.05) is 5.92 Å². The molecule has 0 heterocycles. The molecular formula is C21H22O2. The first kappa shape index (κ1) is 15.4. The first-order valence-electron chi connectivity index (χ1n) is 8.00. The van der Waals surface area contributed by atoms with Crippen molar-refractivity contribution in [3.63, 3.8) is 0 Å². The first-order valence-corrected chi connectivity index (χ1v) is 8.00. The maximum Gasteiger partial charge on any atom is 0.127 e. The normalized spacial score (nSPS) is 17.3. The smallest absolute Gasteiger partial charge is 0.127 e. The van der Waals surface area contributed by atoms with E-state index in [1.165, 1.54) is 11.1 Å². The van der Waals surface area contributed by atoms with Crippen LogP contribution in [0.15, 0.2) is 72.0 Å². The van der Waals surface area contributed by atoms with Gasteiger partial charge in [-0.05, 0) is 62.7 Å². The zero-order valence-electron chi connectivity index (χ0n) is 13.9. The van der Waals surface area contributed by atoms with E-state index in [4.69, 9.17) is 9.47 Å². The highest BCUT2D eigenvalue weighted by Crippen LogP contribution is 2.29. The van der Waals surface area contributed by atoms with E-state index >= 15 is 0 Å². The lowest BCUT2D eigenvalue weighted by atomic mass is 9.95. The quantitative estimate of drug-likeness (QED) is 0.686. The molecule has 2 aromatic rings. The summed E-state index contributed by atoms with van der Waals surface area (Å²) in [5.74, 6) is 3.93. The lowest BCUT2D eigenvalue weighted by molar-refractivity contribution is 0.352. The molecule has 2 aromatic carbocycles. The molecule has 0 bridgehead atoms. The Morgan fingerprint density at radius 1 is 0.739 bits per heavy atom. The SMILES string of the molecule is CC1=CC=C(Oc2ccc(Oc3ccc(C)cc3)cc2)C(C)C1. The van der Waals surface area contributed by atoms with E-state index < -0.39 is 0 Å². The van der Waals surface area contributed by atoms with Gasteiger partial charge < -0.3 is 9.47 Å². The summed E-state index contributed by atoms with van der Waals surface area (Å²) in [5.41, 5.74) is 2.62. The number of hydrogen-bond donors (Lipinski definition) is 0. The predicted octanol–water partition coefficient (Wildman–Crippen LogP) is 6.04. The van der Waals surface area contributed by atoms with E-state index in [1.54, 1.807) is 0 Å². The second-order valence-electron chi connectivity index (χ2n) is 6.18. The first-order chi connectivity index (χ1) is 11.1. The Labute approximate surface area is 138 Å². The fraction of sp³-hybridized carbons (Fsp3) is 0.238. The summed E-state index contributed by atoms with van der Waals surface area (Å²) in [7, 11) is 0. The van der Waals surface area contributed by atoms with Gasteiger partial charge in [0.15, 0.2) is 0 Å². The molecule has 0 radical (unpaired) electrons. The highest BCUT2D eigenvalue weighted by Gasteiger charge is 2.15. The maximum absolute atomic E-state index is 6.00. The van der Waals surface area contributed by atoms with Crippen LogP contribution in [0.4, 0.5) is 0 Å². The molecule has 0 spiro atoms. The summed E-state index contributed by atoms with van der Waals surface area (Å²) >= 11 is 0. The standard InChI is InChI=1S/C21H22O2/c1-15-4-7-18(8-5-15)22-19-9-11-20(12-10-19)23-21-13-6-16(2)14-17(21)3/h4-13,17H,14H2,1-3H3. The van der Waals surface area contributed by atoms with Crippen LogP contribution in [0.3, 0.4) is 0 Å². The lowest BCUT2D eigenvalue weighted by Gasteiger charge is -2.20. The van der Waals surface area contributed by atoms with Crippen LogP contribution in [-0.2, 0) is 0 Å². The van der Waals surface area contributed by atoms with Crippen molar-refractivity contribution in [2.24, 2.45) is 5.92 Å². The van der Waals surface area contributed by atoms with Crippen LogP contribution in [0.25, 0.3) is 0 Å². The number of benzene rings is 2. The molecule has 0 aromatic heterocycles. The van der Waals surface area contributed by atoms with Crippen molar-refractivity contribution in [3.05, 3.63) is 77.6 Å². The molecule has 0 aliphatic heterocycles. The molecule has 2 heteroatoms. The van der Waals surface area contributed by atoms with Gasteiger partial charge in [-0.1, -0.05) is 36.3 Å². The molecule has 1 aliphatic carbocycles. The molecule has 1 unspecified atom stereocenters. The van der Waals surface area contributed by atoms with Gasteiger partial charge in [0.05, 0.1) is 0 Å². The van der Waals surface area contributed by atoms with Crippen molar-refractivity contribution in [1.29, 1.82) is 0 Å². The second-order valence-corrected chi connectivity index (χ2v) is 6.18. The van der Waals surface area contributed by atoms with Crippen molar-refractivity contribution >= 4 is 0 Å². The van der Waals surface area contributed by atoms with Gasteiger partial charge in [0.2, 0.25) is 0 Å². The van der Waals surface area contributed by atoms with E-state index in [2.05, 4.69) is 32.9 Å². The van der Waals surface area contributed by atoms with Gasteiger partial charge in [-0.25, -0.2) is 0 Å². The number of hydrogen-bond acceptors (Lipinski definition) is 2. The Hall–Kier alpha value is -2.48. The number of ether oxygens (including phenoxy) is 2. The third kappa shape index (κ3) is 4.04. The molecule has 2 nitrogen and oxygen atoms in total. The van der Waals surface area contributed by atoms with E-state index in [0.29, 0.717) is 5.92 Å². The topological polar surface area (TPSA) is 18.5 Å². The average molecular weight is 306 g/mol. The summed E-state index contributed by atoms with van der Waals surface area (Å²) in [5, 5.41) is 0. The van der Waals surface area contributed by atoms with Gasteiger partial charge in [-0.2, -0.15) is 0 Å². The van der Waals surface area contributed by atoms with Crippen molar-refractivity contribution in [1.82, 2.24) is 0 Å². The van der Waals surface area contributed by atoms with Crippen LogP contribution in [0, 0.1) is 12.8 Å². The van der Waals surface area contributed by atoms with Gasteiger partial charge in [0.25, 0.3) is 0 Å². The summed E-state index contributed by atoms with van der Waals surface area (Å²) in [6.07, 6.45) is 5.25. The minimum atomic E-state index is 0.420. The van der Waals surface area contributed by atoms with Crippen LogP contribution >= 0.6 is 0 Å². The van der Waals surface area contributed by atoms with Crippen molar-refractivity contribution in [2.45, 2.75) is 27.2 Å². The van der Waals surface area contributed by atoms with Gasteiger partial charge in [0.1, 0.15) is 23.0 Å². The number of allylic oxidation sites excluding steroid dienone is 4. The fourth-order valence-electron chi connectivity index (χ4n) is 2.63. The highest BCUT2D eigenvalue weighted by molar-refractivity contribution is 5.37. The summed E-state index contributed by atoms with van der Waals surface area (Å²) in [6.45, 7) is 6.41. The fourth-order valence-corrected chi connectivity index (χ4v) is 2.63. The monoisotopic (exact) mass is 306 g/mol. The highest BCUT2D eigenvalue weighted by atomic mass is 16.5. The predicted molar refractivity (Wildman–Crippen MR) is 93.9 cm³/mol. The van der Waals surface area contributed by atoms with Gasteiger partial charge >= 0.3 is 0 Å². The van der Waals surface area contributed by atoms with Crippen molar-refractivity contribution in [3.8, 4) is 17.2 Å². The van der Waals surface area contributed by atoms with Crippen LogP contribution in [0.1, 0.15) is 25.8 Å². The zero-order valence-corrected chi connectivity index (χ0v) is 13.9. The molecular weight excluding hydrogens is 284 g/mol. The summed E-state index contributed by atoms with van der Waals surface area (Å²) in [6, 6.07) is 15.8. The Balaban J connectivity index is 1.66. The molecule has 118 valence electrons. The lowest BCUT2D eigenvalue weighted by Crippen LogP contribution is -2.09. The molecule has 0 amide bonds. The molecule has 23 heavy (non-hydrogen) atoms. The van der Waals surface area contributed by atoms with Gasteiger partial charge in [-0.3, -0.25) is 0 Å². The van der Waals surface area contributed by atoms with Crippen molar-refractivity contribution < 1.29 is 9.47 Å². The summed E-state index contributed by atoms with van der Waals surface area (Å²) in [4.78, 5) is 0. The Morgan fingerprint density at radius 3 is 1.83 bits per heavy atom. The third-order valence-electron chi connectivity index (χ3n) is 3.96. The zero-order chi connectivity index (χ0) is 16.2.